The third-order valence-corrected chi connectivity index (χ3v) is 2.64. The van der Waals surface area contributed by atoms with E-state index in [2.05, 4.69) is 0 Å². The summed E-state index contributed by atoms with van der Waals surface area (Å²) < 4.78 is 0. The van der Waals surface area contributed by atoms with Crippen LogP contribution in [0.1, 0.15) is 57.8 Å². The summed E-state index contributed by atoms with van der Waals surface area (Å²) in [6, 6.07) is 0. The third kappa shape index (κ3) is 11.5. The molecule has 4 heteroatoms. The van der Waals surface area contributed by atoms with Crippen molar-refractivity contribution in [3.8, 4) is 0 Å². The molecular weight excluding hydrogens is 208 g/mol. The summed E-state index contributed by atoms with van der Waals surface area (Å²) in [6.07, 6.45) is 7.56. The zero-order chi connectivity index (χ0) is 12.2. The first-order chi connectivity index (χ1) is 7.66. The highest BCUT2D eigenvalue weighted by molar-refractivity contribution is 5.66. The molecule has 16 heavy (non-hydrogen) atoms. The predicted molar refractivity (Wildman–Crippen MR) is 62.3 cm³/mol. The van der Waals surface area contributed by atoms with Gasteiger partial charge in [0, 0.05) is 6.42 Å². The number of rotatable bonds is 11. The Bertz CT molecular complexity index is 170. The summed E-state index contributed by atoms with van der Waals surface area (Å²) in [4.78, 5) is 10.2. The van der Waals surface area contributed by atoms with Gasteiger partial charge in [-0.3, -0.25) is 4.79 Å². The highest BCUT2D eigenvalue weighted by Crippen LogP contribution is 2.10. The Morgan fingerprint density at radius 3 is 1.94 bits per heavy atom. The number of carboxylic acid groups (broad SMARTS) is 1. The molecule has 0 aromatic carbocycles. The molecule has 0 spiro atoms. The second-order valence-corrected chi connectivity index (χ2v) is 4.24. The van der Waals surface area contributed by atoms with Crippen LogP contribution < -0.4 is 0 Å². The number of aliphatic hydroxyl groups is 2. The van der Waals surface area contributed by atoms with E-state index in [1.807, 2.05) is 0 Å². The van der Waals surface area contributed by atoms with Crippen molar-refractivity contribution in [3.05, 3.63) is 0 Å². The molecular formula is C12H24O4. The molecule has 0 fully saturated rings. The SMILES string of the molecule is O=C(O)CCCCCCCCC[C@@H](O)CO. The van der Waals surface area contributed by atoms with Gasteiger partial charge in [0.15, 0.2) is 0 Å². The first-order valence-electron chi connectivity index (χ1n) is 6.17. The Labute approximate surface area is 97.3 Å². The van der Waals surface area contributed by atoms with E-state index in [0.29, 0.717) is 6.42 Å². The maximum atomic E-state index is 10.2. The van der Waals surface area contributed by atoms with Gasteiger partial charge in [-0.05, 0) is 12.8 Å². The Hall–Kier alpha value is -0.610. The van der Waals surface area contributed by atoms with Crippen LogP contribution in [-0.2, 0) is 4.79 Å². The van der Waals surface area contributed by atoms with E-state index < -0.39 is 12.1 Å². The summed E-state index contributed by atoms with van der Waals surface area (Å²) in [5.74, 6) is -0.710. The smallest absolute Gasteiger partial charge is 0.303 e. The number of hydrogen-bond donors (Lipinski definition) is 3. The minimum Gasteiger partial charge on any atom is -0.481 e. The van der Waals surface area contributed by atoms with E-state index in [-0.39, 0.29) is 13.0 Å². The number of carboxylic acids is 1. The third-order valence-electron chi connectivity index (χ3n) is 2.64. The van der Waals surface area contributed by atoms with E-state index in [0.717, 1.165) is 44.9 Å². The molecule has 0 aliphatic heterocycles. The first kappa shape index (κ1) is 15.4. The quantitative estimate of drug-likeness (QED) is 0.476. The van der Waals surface area contributed by atoms with Gasteiger partial charge in [-0.25, -0.2) is 0 Å². The molecule has 0 saturated carbocycles. The van der Waals surface area contributed by atoms with E-state index in [1.165, 1.54) is 0 Å². The van der Waals surface area contributed by atoms with Gasteiger partial charge in [-0.2, -0.15) is 0 Å². The fourth-order valence-corrected chi connectivity index (χ4v) is 1.63. The van der Waals surface area contributed by atoms with Crippen LogP contribution in [-0.4, -0.2) is 34.0 Å². The monoisotopic (exact) mass is 232 g/mol. The van der Waals surface area contributed by atoms with Crippen LogP contribution >= 0.6 is 0 Å². The Morgan fingerprint density at radius 1 is 0.938 bits per heavy atom. The first-order valence-corrected chi connectivity index (χ1v) is 6.17. The summed E-state index contributed by atoms with van der Waals surface area (Å²) in [6.45, 7) is -0.144. The van der Waals surface area contributed by atoms with Crippen LogP contribution in [0.3, 0.4) is 0 Å². The molecule has 0 aromatic rings. The lowest BCUT2D eigenvalue weighted by atomic mass is 10.1. The van der Waals surface area contributed by atoms with Gasteiger partial charge in [-0.15, -0.1) is 0 Å². The molecule has 4 nitrogen and oxygen atoms in total. The number of hydrogen-bond acceptors (Lipinski definition) is 3. The van der Waals surface area contributed by atoms with Crippen LogP contribution in [0.2, 0.25) is 0 Å². The zero-order valence-corrected chi connectivity index (χ0v) is 9.90. The Kier molecular flexibility index (Phi) is 10.5. The van der Waals surface area contributed by atoms with Crippen LogP contribution in [0.4, 0.5) is 0 Å². The van der Waals surface area contributed by atoms with Crippen molar-refractivity contribution in [2.24, 2.45) is 0 Å². The summed E-state index contributed by atoms with van der Waals surface area (Å²) in [5.41, 5.74) is 0. The second kappa shape index (κ2) is 10.9. The fraction of sp³-hybridized carbons (Fsp3) is 0.917. The van der Waals surface area contributed by atoms with Crippen molar-refractivity contribution in [2.75, 3.05) is 6.61 Å². The summed E-state index contributed by atoms with van der Waals surface area (Å²) in [7, 11) is 0. The van der Waals surface area contributed by atoms with Gasteiger partial charge in [0.25, 0.3) is 0 Å². The molecule has 0 unspecified atom stereocenters. The number of unbranched alkanes of at least 4 members (excludes halogenated alkanes) is 6. The van der Waals surface area contributed by atoms with Crippen molar-refractivity contribution in [1.29, 1.82) is 0 Å². The largest absolute Gasteiger partial charge is 0.481 e. The van der Waals surface area contributed by atoms with Gasteiger partial charge in [0.2, 0.25) is 0 Å². The molecule has 0 saturated heterocycles. The molecule has 0 aliphatic carbocycles. The molecule has 0 bridgehead atoms. The van der Waals surface area contributed by atoms with Crippen LogP contribution in [0.5, 0.6) is 0 Å². The van der Waals surface area contributed by atoms with E-state index in [4.69, 9.17) is 15.3 Å². The standard InChI is InChI=1S/C12H24O4/c13-10-11(14)8-6-4-2-1-3-5-7-9-12(15)16/h11,13-14H,1-10H2,(H,15,16)/t11-/m1/s1. The van der Waals surface area contributed by atoms with Crippen molar-refractivity contribution in [3.63, 3.8) is 0 Å². The van der Waals surface area contributed by atoms with Gasteiger partial charge < -0.3 is 15.3 Å². The van der Waals surface area contributed by atoms with Gasteiger partial charge in [0.05, 0.1) is 12.7 Å². The lowest BCUT2D eigenvalue weighted by Gasteiger charge is -2.06. The second-order valence-electron chi connectivity index (χ2n) is 4.24. The maximum Gasteiger partial charge on any atom is 0.303 e. The molecule has 1 atom stereocenters. The minimum atomic E-state index is -0.710. The van der Waals surface area contributed by atoms with Crippen molar-refractivity contribution >= 4 is 5.97 Å². The van der Waals surface area contributed by atoms with Crippen molar-refractivity contribution < 1.29 is 20.1 Å². The predicted octanol–water partition coefficient (Wildman–Crippen LogP) is 1.94. The fourth-order valence-electron chi connectivity index (χ4n) is 1.63. The average Bonchev–Trinajstić information content (AvgIpc) is 2.26. The molecule has 0 amide bonds. The van der Waals surface area contributed by atoms with Gasteiger partial charge >= 0.3 is 5.97 Å². The highest BCUT2D eigenvalue weighted by Gasteiger charge is 2.00. The number of carbonyl (C=O) groups is 1. The molecule has 0 aliphatic rings. The number of aliphatic carboxylic acids is 1. The molecule has 3 N–H and O–H groups in total. The molecule has 0 heterocycles. The van der Waals surface area contributed by atoms with E-state index in [9.17, 15) is 4.79 Å². The Balaban J connectivity index is 3.01. The Morgan fingerprint density at radius 2 is 1.44 bits per heavy atom. The topological polar surface area (TPSA) is 77.8 Å². The van der Waals surface area contributed by atoms with E-state index in [1.54, 1.807) is 0 Å². The van der Waals surface area contributed by atoms with Gasteiger partial charge in [-0.1, -0.05) is 38.5 Å². The molecule has 96 valence electrons. The van der Waals surface area contributed by atoms with Crippen molar-refractivity contribution in [2.45, 2.75) is 63.9 Å². The van der Waals surface area contributed by atoms with Crippen molar-refractivity contribution in [1.82, 2.24) is 0 Å². The number of aliphatic hydroxyl groups excluding tert-OH is 2. The maximum absolute atomic E-state index is 10.2. The molecule has 0 radical (unpaired) electrons. The molecule has 0 aromatic heterocycles. The normalized spacial score (nSPS) is 12.6. The minimum absolute atomic E-state index is 0.144. The average molecular weight is 232 g/mol. The molecule has 0 rings (SSSR count). The van der Waals surface area contributed by atoms with Crippen LogP contribution in [0.15, 0.2) is 0 Å². The van der Waals surface area contributed by atoms with Crippen LogP contribution in [0, 0.1) is 0 Å². The summed E-state index contributed by atoms with van der Waals surface area (Å²) >= 11 is 0. The summed E-state index contributed by atoms with van der Waals surface area (Å²) in [5, 5.41) is 26.1. The van der Waals surface area contributed by atoms with Gasteiger partial charge in [0.1, 0.15) is 0 Å². The van der Waals surface area contributed by atoms with Crippen LogP contribution in [0.25, 0.3) is 0 Å². The lowest BCUT2D eigenvalue weighted by molar-refractivity contribution is -0.137. The van der Waals surface area contributed by atoms with E-state index >= 15 is 0 Å². The highest BCUT2D eigenvalue weighted by atomic mass is 16.4. The lowest BCUT2D eigenvalue weighted by Crippen LogP contribution is -2.10. The zero-order valence-electron chi connectivity index (χ0n) is 9.90.